The van der Waals surface area contributed by atoms with Gasteiger partial charge in [0.25, 0.3) is 0 Å². The Morgan fingerprint density at radius 1 is 1.14 bits per heavy atom. The number of ether oxygens (including phenoxy) is 1. The van der Waals surface area contributed by atoms with Gasteiger partial charge < -0.3 is 20.3 Å². The monoisotopic (exact) mass is 527 g/mol. The molecule has 2 bridgehead atoms. The molecule has 1 spiro atoms. The molecule has 2 N–H and O–H groups in total. The van der Waals surface area contributed by atoms with Crippen LogP contribution in [0.4, 0.5) is 0 Å². The lowest BCUT2D eigenvalue weighted by molar-refractivity contribution is -0.146. The first-order chi connectivity index (χ1) is 16.9. The number of hydrogen-bond acceptors (Lipinski definition) is 5. The Bertz CT molecular complexity index is 1220. The molecule has 5 rings (SSSR count). The summed E-state index contributed by atoms with van der Waals surface area (Å²) in [6.07, 6.45) is 3.67. The van der Waals surface area contributed by atoms with Gasteiger partial charge in [0, 0.05) is 22.0 Å². The minimum atomic E-state index is -1.22. The first kappa shape index (κ1) is 25.0. The van der Waals surface area contributed by atoms with Crippen LogP contribution in [0.15, 0.2) is 53.9 Å². The van der Waals surface area contributed by atoms with Crippen LogP contribution in [0.25, 0.3) is 0 Å². The zero-order valence-corrected chi connectivity index (χ0v) is 22.3. The van der Waals surface area contributed by atoms with Crippen molar-refractivity contribution in [3.63, 3.8) is 0 Å². The molecule has 2 aromatic rings. The highest BCUT2D eigenvalue weighted by atomic mass is 35.5. The molecular weight excluding hydrogens is 498 g/mol. The summed E-state index contributed by atoms with van der Waals surface area (Å²) in [7, 11) is 0. The van der Waals surface area contributed by atoms with Crippen molar-refractivity contribution in [1.29, 1.82) is 0 Å². The maximum Gasteiger partial charge on any atom is 0.246 e. The van der Waals surface area contributed by atoms with Crippen molar-refractivity contribution < 1.29 is 19.1 Å². The SMILES string of the molecule is CC(C)(C)NC(=O)[C@H]1N(Cc2ccc(Cl)cc2)C(=O)[C@@H]2[C@H](C(=O)NCc3cccs3)[C@]3(C)C=C[C@@]21O3. The minimum absolute atomic E-state index is 0.202. The lowest BCUT2D eigenvalue weighted by Crippen LogP contribution is -2.57. The molecular formula is C27H30ClN3O4S. The first-order valence-corrected chi connectivity index (χ1v) is 13.3. The number of nitrogens with one attached hydrogen (secondary N) is 2. The van der Waals surface area contributed by atoms with E-state index in [4.69, 9.17) is 16.3 Å². The predicted molar refractivity (Wildman–Crippen MR) is 138 cm³/mol. The van der Waals surface area contributed by atoms with Crippen molar-refractivity contribution in [3.8, 4) is 0 Å². The van der Waals surface area contributed by atoms with E-state index in [1.54, 1.807) is 28.4 Å². The molecule has 3 amide bonds. The summed E-state index contributed by atoms with van der Waals surface area (Å²) in [4.78, 5) is 43.9. The highest BCUT2D eigenvalue weighted by molar-refractivity contribution is 7.09. The highest BCUT2D eigenvalue weighted by Gasteiger charge is 2.76. The number of halogens is 1. The normalized spacial score (nSPS) is 30.5. The fraction of sp³-hybridized carbons (Fsp3) is 0.444. The summed E-state index contributed by atoms with van der Waals surface area (Å²) in [5.41, 5.74) is -1.88. The van der Waals surface area contributed by atoms with Gasteiger partial charge in [-0.15, -0.1) is 11.3 Å². The van der Waals surface area contributed by atoms with Crippen LogP contribution in [-0.4, -0.2) is 45.4 Å². The Labute approximate surface area is 219 Å². The summed E-state index contributed by atoms with van der Waals surface area (Å²) < 4.78 is 6.53. The topological polar surface area (TPSA) is 87.7 Å². The number of thiophene rings is 1. The van der Waals surface area contributed by atoms with E-state index in [0.29, 0.717) is 11.6 Å². The van der Waals surface area contributed by atoms with Crippen molar-refractivity contribution in [1.82, 2.24) is 15.5 Å². The quantitative estimate of drug-likeness (QED) is 0.561. The van der Waals surface area contributed by atoms with Gasteiger partial charge in [-0.05, 0) is 56.8 Å². The summed E-state index contributed by atoms with van der Waals surface area (Å²) in [6, 6.07) is 10.1. The van der Waals surface area contributed by atoms with Crippen LogP contribution in [0, 0.1) is 11.8 Å². The minimum Gasteiger partial charge on any atom is -0.356 e. The number of carbonyl (C=O) groups is 3. The average Bonchev–Trinajstić information content (AvgIpc) is 3.53. The largest absolute Gasteiger partial charge is 0.356 e. The van der Waals surface area contributed by atoms with Gasteiger partial charge in [-0.1, -0.05) is 42.0 Å². The Kier molecular flexibility index (Phi) is 6.05. The van der Waals surface area contributed by atoms with Crippen molar-refractivity contribution in [2.24, 2.45) is 11.8 Å². The zero-order valence-electron chi connectivity index (χ0n) is 20.7. The summed E-state index contributed by atoms with van der Waals surface area (Å²) in [5.74, 6) is -2.38. The Morgan fingerprint density at radius 3 is 2.50 bits per heavy atom. The second-order valence-electron chi connectivity index (χ2n) is 11.0. The molecule has 0 aliphatic carbocycles. The Morgan fingerprint density at radius 2 is 1.86 bits per heavy atom. The van der Waals surface area contributed by atoms with Gasteiger partial charge in [0.1, 0.15) is 11.6 Å². The van der Waals surface area contributed by atoms with E-state index in [1.165, 1.54) is 0 Å². The van der Waals surface area contributed by atoms with Crippen LogP contribution in [0.1, 0.15) is 38.1 Å². The molecule has 7 nitrogen and oxygen atoms in total. The van der Waals surface area contributed by atoms with Crippen molar-refractivity contribution in [3.05, 3.63) is 69.4 Å². The van der Waals surface area contributed by atoms with E-state index in [-0.39, 0.29) is 24.3 Å². The van der Waals surface area contributed by atoms with Gasteiger partial charge in [0.05, 0.1) is 24.0 Å². The van der Waals surface area contributed by atoms with Crippen LogP contribution in [0.5, 0.6) is 0 Å². The number of rotatable bonds is 6. The number of fused-ring (bicyclic) bond motifs is 1. The standard InChI is InChI=1S/C27H30ClN3O4S/c1-25(2,3)30-23(33)21-27-12-11-26(4,35-27)19(22(32)29-14-18-6-5-13-36-18)20(27)24(34)31(21)15-16-7-9-17(28)10-8-16/h5-13,19-21H,14-15H2,1-4H3,(H,29,32)(H,30,33)/t19-,20+,21-,26+,27-/m1/s1. The molecule has 3 aliphatic heterocycles. The molecule has 0 radical (unpaired) electrons. The van der Waals surface area contributed by atoms with Gasteiger partial charge in [-0.2, -0.15) is 0 Å². The number of likely N-dealkylation sites (tertiary alicyclic amines) is 1. The summed E-state index contributed by atoms with van der Waals surface area (Å²) in [6.45, 7) is 8.08. The molecule has 36 heavy (non-hydrogen) atoms. The van der Waals surface area contributed by atoms with Gasteiger partial charge >= 0.3 is 0 Å². The molecule has 190 valence electrons. The van der Waals surface area contributed by atoms with Crippen LogP contribution in [0.3, 0.4) is 0 Å². The third kappa shape index (κ3) is 4.15. The number of benzene rings is 1. The van der Waals surface area contributed by atoms with E-state index in [9.17, 15) is 14.4 Å². The Balaban J connectivity index is 1.50. The van der Waals surface area contributed by atoms with E-state index in [0.717, 1.165) is 10.4 Å². The highest BCUT2D eigenvalue weighted by Crippen LogP contribution is 2.59. The molecule has 5 atom stereocenters. The molecule has 2 saturated heterocycles. The zero-order chi connectivity index (χ0) is 25.9. The lowest BCUT2D eigenvalue weighted by Gasteiger charge is -2.35. The number of nitrogens with zero attached hydrogens (tertiary/aromatic N) is 1. The second kappa shape index (κ2) is 8.71. The van der Waals surface area contributed by atoms with E-state index < -0.39 is 34.6 Å². The molecule has 0 saturated carbocycles. The smallest absolute Gasteiger partial charge is 0.246 e. The maximum absolute atomic E-state index is 14.0. The fourth-order valence-electron chi connectivity index (χ4n) is 5.72. The fourth-order valence-corrected chi connectivity index (χ4v) is 6.49. The van der Waals surface area contributed by atoms with Gasteiger partial charge in [-0.25, -0.2) is 0 Å². The average molecular weight is 528 g/mol. The number of hydrogen-bond donors (Lipinski definition) is 2. The number of amides is 3. The van der Waals surface area contributed by atoms with Crippen LogP contribution in [-0.2, 0) is 32.2 Å². The summed E-state index contributed by atoms with van der Waals surface area (Å²) in [5, 5.41) is 8.56. The number of carbonyl (C=O) groups excluding carboxylic acids is 3. The molecule has 1 aromatic heterocycles. The van der Waals surface area contributed by atoms with Crippen LogP contribution in [0.2, 0.25) is 5.02 Å². The van der Waals surface area contributed by atoms with Gasteiger partial charge in [-0.3, -0.25) is 14.4 Å². The third-order valence-electron chi connectivity index (χ3n) is 7.11. The van der Waals surface area contributed by atoms with E-state index in [2.05, 4.69) is 10.6 Å². The molecule has 3 aliphatic rings. The third-order valence-corrected chi connectivity index (χ3v) is 8.24. The van der Waals surface area contributed by atoms with E-state index >= 15 is 0 Å². The van der Waals surface area contributed by atoms with Gasteiger partial charge in [0.15, 0.2) is 0 Å². The Hall–Kier alpha value is -2.68. The second-order valence-corrected chi connectivity index (χ2v) is 12.4. The molecule has 2 fully saturated rings. The lowest BCUT2D eigenvalue weighted by atomic mass is 9.70. The molecule has 0 unspecified atom stereocenters. The maximum atomic E-state index is 14.0. The summed E-state index contributed by atoms with van der Waals surface area (Å²) >= 11 is 7.61. The van der Waals surface area contributed by atoms with Crippen molar-refractivity contribution in [2.45, 2.75) is 63.6 Å². The first-order valence-electron chi connectivity index (χ1n) is 12.0. The van der Waals surface area contributed by atoms with Crippen molar-refractivity contribution in [2.75, 3.05) is 0 Å². The molecule has 1 aromatic carbocycles. The van der Waals surface area contributed by atoms with E-state index in [1.807, 2.05) is 69.5 Å². The van der Waals surface area contributed by atoms with Crippen LogP contribution >= 0.6 is 22.9 Å². The van der Waals surface area contributed by atoms with Gasteiger partial charge in [0.2, 0.25) is 17.7 Å². The van der Waals surface area contributed by atoms with Crippen molar-refractivity contribution >= 4 is 40.7 Å². The molecule has 4 heterocycles. The van der Waals surface area contributed by atoms with Crippen LogP contribution < -0.4 is 10.6 Å². The predicted octanol–water partition coefficient (Wildman–Crippen LogP) is 3.67. The molecule has 9 heteroatoms.